The summed E-state index contributed by atoms with van der Waals surface area (Å²) in [4.78, 5) is 0. The van der Waals surface area contributed by atoms with E-state index in [0.717, 1.165) is 37.3 Å². The summed E-state index contributed by atoms with van der Waals surface area (Å²) in [5.74, 6) is 4.21. The molecule has 4 saturated carbocycles. The topological polar surface area (TPSA) is 71.3 Å². The van der Waals surface area contributed by atoms with Crippen molar-refractivity contribution in [1.82, 2.24) is 0 Å². The van der Waals surface area contributed by atoms with Gasteiger partial charge in [-0.15, -0.1) is 0 Å². The van der Waals surface area contributed by atoms with Crippen molar-refractivity contribution in [1.29, 1.82) is 0 Å². The number of hydrogen-bond acceptors (Lipinski definition) is 5. The van der Waals surface area contributed by atoms with Crippen molar-refractivity contribution in [2.24, 2.45) is 52.0 Å². The van der Waals surface area contributed by atoms with E-state index in [0.29, 0.717) is 29.6 Å². The predicted octanol–water partition coefficient (Wildman–Crippen LogP) is 4.15. The molecule has 0 aromatic rings. The van der Waals surface area contributed by atoms with E-state index in [-0.39, 0.29) is 29.8 Å². The number of ether oxygens (including phenoxy) is 2. The van der Waals surface area contributed by atoms with Gasteiger partial charge in [0.2, 0.25) is 0 Å². The van der Waals surface area contributed by atoms with Crippen molar-refractivity contribution in [3.05, 3.63) is 23.8 Å². The van der Waals surface area contributed by atoms with Crippen molar-refractivity contribution in [2.75, 3.05) is 13.7 Å². The fourth-order valence-corrected chi connectivity index (χ4v) is 9.21. The number of aliphatic hydroxyl groups is 1. The molecule has 5 aliphatic carbocycles. The molecule has 10 atom stereocenters. The molecule has 30 heavy (non-hydrogen) atoms. The zero-order valence-corrected chi connectivity index (χ0v) is 18.2. The number of methoxy groups -OCH3 is 1. The standard InChI is InChI=1S/C25H35NO4/c1-3-24-8-6-17-16-5-4-15(26-28)11-18(16)14(13-27)10-19(17)23(24)20-12-21(20)25(24)9-7-22(29-2)30-25/h7,9,11,14,16-17,19-23,27-28H,3-6,8,10,12-13H2,1-2H3/b26-15+/t14-,16+,17?,19?,20-,21+,22?,23?,24-,25-/m0/s1. The van der Waals surface area contributed by atoms with Gasteiger partial charge in [-0.25, -0.2) is 0 Å². The molecule has 2 N–H and O–H groups in total. The summed E-state index contributed by atoms with van der Waals surface area (Å²) in [6.07, 6.45) is 14.4. The zero-order chi connectivity index (χ0) is 20.7. The molecule has 5 nitrogen and oxygen atoms in total. The van der Waals surface area contributed by atoms with Gasteiger partial charge in [0.05, 0.1) is 11.3 Å². The fourth-order valence-electron chi connectivity index (χ4n) is 9.21. The number of allylic oxidation sites excluding steroid dienone is 1. The molecule has 4 fully saturated rings. The lowest BCUT2D eigenvalue weighted by atomic mass is 9.46. The van der Waals surface area contributed by atoms with E-state index in [1.54, 1.807) is 7.11 Å². The maximum Gasteiger partial charge on any atom is 0.177 e. The lowest BCUT2D eigenvalue weighted by molar-refractivity contribution is -0.211. The van der Waals surface area contributed by atoms with Gasteiger partial charge in [-0.3, -0.25) is 0 Å². The summed E-state index contributed by atoms with van der Waals surface area (Å²) in [5, 5.41) is 23.1. The normalized spacial score (nSPS) is 54.5. The number of fused-ring (bicyclic) bond motifs is 9. The van der Waals surface area contributed by atoms with E-state index in [1.165, 1.54) is 24.8 Å². The number of oxime groups is 1. The van der Waals surface area contributed by atoms with Crippen molar-refractivity contribution >= 4 is 5.71 Å². The Balaban J connectivity index is 1.39. The minimum Gasteiger partial charge on any atom is -0.411 e. The van der Waals surface area contributed by atoms with Gasteiger partial charge >= 0.3 is 0 Å². The maximum absolute atomic E-state index is 10.3. The van der Waals surface area contributed by atoms with Crippen LogP contribution in [0, 0.1) is 46.8 Å². The van der Waals surface area contributed by atoms with E-state index in [4.69, 9.17) is 9.47 Å². The lowest BCUT2D eigenvalue weighted by Gasteiger charge is -2.59. The van der Waals surface area contributed by atoms with E-state index >= 15 is 0 Å². The van der Waals surface area contributed by atoms with E-state index in [9.17, 15) is 10.3 Å². The van der Waals surface area contributed by atoms with Gasteiger partial charge in [-0.05, 0) is 92.6 Å². The minimum absolute atomic E-state index is 0.142. The van der Waals surface area contributed by atoms with E-state index in [2.05, 4.69) is 30.3 Å². The third kappa shape index (κ3) is 2.27. The molecule has 6 rings (SSSR count). The molecule has 0 aromatic carbocycles. The highest BCUT2D eigenvalue weighted by atomic mass is 16.7. The van der Waals surface area contributed by atoms with Crippen LogP contribution in [0.3, 0.4) is 0 Å². The largest absolute Gasteiger partial charge is 0.411 e. The Morgan fingerprint density at radius 3 is 2.80 bits per heavy atom. The van der Waals surface area contributed by atoms with Gasteiger partial charge in [0.25, 0.3) is 0 Å². The number of aliphatic hydroxyl groups excluding tert-OH is 1. The summed E-state index contributed by atoms with van der Waals surface area (Å²) in [6.45, 7) is 2.58. The molecule has 0 radical (unpaired) electrons. The van der Waals surface area contributed by atoms with Crippen LogP contribution >= 0.6 is 0 Å². The molecule has 0 saturated heterocycles. The van der Waals surface area contributed by atoms with Gasteiger partial charge in [0.15, 0.2) is 6.29 Å². The SMILES string of the molecule is CC[C@]12CCC3C(C[C@@H](CO)C4=C/C(=N/O)CC[C@@H]43)C1[C@H]1C[C@H]1[C@@]21C=CC(OC)O1. The predicted molar refractivity (Wildman–Crippen MR) is 113 cm³/mol. The Bertz CT molecular complexity index is 820. The molecule has 6 aliphatic rings. The molecule has 0 aromatic heterocycles. The smallest absolute Gasteiger partial charge is 0.177 e. The van der Waals surface area contributed by atoms with Crippen molar-refractivity contribution < 1.29 is 19.8 Å². The van der Waals surface area contributed by atoms with Crippen LogP contribution in [-0.4, -0.2) is 41.6 Å². The number of hydrogen-bond donors (Lipinski definition) is 2. The van der Waals surface area contributed by atoms with Crippen LogP contribution in [0.5, 0.6) is 0 Å². The molecule has 4 unspecified atom stereocenters. The summed E-state index contributed by atoms with van der Waals surface area (Å²) in [5.41, 5.74) is 2.21. The van der Waals surface area contributed by atoms with Crippen LogP contribution in [-0.2, 0) is 9.47 Å². The second-order valence-corrected chi connectivity index (χ2v) is 10.8. The van der Waals surface area contributed by atoms with Gasteiger partial charge < -0.3 is 19.8 Å². The van der Waals surface area contributed by atoms with Crippen molar-refractivity contribution in [3.8, 4) is 0 Å². The van der Waals surface area contributed by atoms with Gasteiger partial charge in [0, 0.05) is 25.0 Å². The first kappa shape index (κ1) is 19.5. The molecular formula is C25H35NO4. The third-order valence-corrected chi connectivity index (χ3v) is 10.2. The van der Waals surface area contributed by atoms with Crippen LogP contribution < -0.4 is 0 Å². The van der Waals surface area contributed by atoms with Crippen LogP contribution in [0.15, 0.2) is 29.0 Å². The van der Waals surface area contributed by atoms with Crippen LogP contribution in [0.2, 0.25) is 0 Å². The summed E-state index contributed by atoms with van der Waals surface area (Å²) >= 11 is 0. The first-order valence-electron chi connectivity index (χ1n) is 12.1. The summed E-state index contributed by atoms with van der Waals surface area (Å²) in [6, 6.07) is 0. The first-order chi connectivity index (χ1) is 14.6. The Morgan fingerprint density at radius 1 is 1.23 bits per heavy atom. The van der Waals surface area contributed by atoms with Gasteiger partial charge in [-0.2, -0.15) is 0 Å². The monoisotopic (exact) mass is 413 g/mol. The number of rotatable bonds is 3. The highest BCUT2D eigenvalue weighted by Gasteiger charge is 2.78. The third-order valence-electron chi connectivity index (χ3n) is 10.2. The van der Waals surface area contributed by atoms with Crippen molar-refractivity contribution in [2.45, 2.75) is 63.8 Å². The summed E-state index contributed by atoms with van der Waals surface area (Å²) < 4.78 is 12.3. The van der Waals surface area contributed by atoms with E-state index in [1.807, 2.05) is 0 Å². The van der Waals surface area contributed by atoms with Crippen LogP contribution in [0.4, 0.5) is 0 Å². The molecule has 0 bridgehead atoms. The van der Waals surface area contributed by atoms with Crippen LogP contribution in [0.25, 0.3) is 0 Å². The molecule has 1 spiro atoms. The van der Waals surface area contributed by atoms with Gasteiger partial charge in [-0.1, -0.05) is 23.7 Å². The fraction of sp³-hybridized carbons (Fsp3) is 0.800. The molecule has 164 valence electrons. The first-order valence-corrected chi connectivity index (χ1v) is 12.1. The highest BCUT2D eigenvalue weighted by molar-refractivity contribution is 5.96. The molecule has 1 heterocycles. The lowest BCUT2D eigenvalue weighted by Crippen LogP contribution is -2.57. The second-order valence-electron chi connectivity index (χ2n) is 10.8. The average Bonchev–Trinajstić information content (AvgIpc) is 3.40. The molecule has 5 heteroatoms. The van der Waals surface area contributed by atoms with Crippen LogP contribution in [0.1, 0.15) is 51.9 Å². The highest BCUT2D eigenvalue weighted by Crippen LogP contribution is 2.79. The maximum atomic E-state index is 10.3. The van der Waals surface area contributed by atoms with E-state index < -0.39 is 0 Å². The molecule has 1 aliphatic heterocycles. The number of nitrogens with zero attached hydrogens (tertiary/aromatic N) is 1. The zero-order valence-electron chi connectivity index (χ0n) is 18.2. The Kier molecular flexibility index (Phi) is 4.33. The molecular weight excluding hydrogens is 378 g/mol. The average molecular weight is 414 g/mol. The Hall–Kier alpha value is -1.17. The Morgan fingerprint density at radius 2 is 2.10 bits per heavy atom. The Labute approximate surface area is 179 Å². The van der Waals surface area contributed by atoms with Gasteiger partial charge in [0.1, 0.15) is 0 Å². The van der Waals surface area contributed by atoms with Crippen molar-refractivity contribution in [3.63, 3.8) is 0 Å². The quantitative estimate of drug-likeness (QED) is 0.414. The second kappa shape index (κ2) is 6.66. The summed E-state index contributed by atoms with van der Waals surface area (Å²) in [7, 11) is 1.74. The molecule has 0 amide bonds. The minimum atomic E-state index is -0.202.